The fourth-order valence-corrected chi connectivity index (χ4v) is 5.12. The Hall–Kier alpha value is -0.480. The molecule has 3 aliphatic rings. The minimum Gasteiger partial charge on any atom is -0.862 e. The molecular weight excluding hydrogens is 649 g/mol. The zero-order valence-electron chi connectivity index (χ0n) is 24.2. The van der Waals surface area contributed by atoms with Crippen LogP contribution in [0, 0.1) is 0 Å². The summed E-state index contributed by atoms with van der Waals surface area (Å²) in [5.74, 6) is -0.900. The van der Waals surface area contributed by atoms with E-state index in [0.29, 0.717) is 0 Å². The van der Waals surface area contributed by atoms with Crippen LogP contribution in [0.4, 0.5) is 0 Å². The molecule has 3 rings (SSSR count). The van der Waals surface area contributed by atoms with Gasteiger partial charge in [0.05, 0.1) is 26.4 Å². The quantitative estimate of drug-likeness (QED) is 0.0285. The summed E-state index contributed by atoms with van der Waals surface area (Å²) in [6.07, 6.45) is -23.5. The van der Waals surface area contributed by atoms with E-state index in [1.807, 2.05) is 0 Å². The van der Waals surface area contributed by atoms with E-state index in [2.05, 4.69) is 15.8 Å². The Morgan fingerprint density at radius 2 is 1.36 bits per heavy atom. The molecule has 0 spiro atoms. The van der Waals surface area contributed by atoms with Crippen LogP contribution in [0.5, 0.6) is 0 Å². The second kappa shape index (κ2) is 17.8. The van der Waals surface area contributed by atoms with E-state index in [9.17, 15) is 54.4 Å². The van der Waals surface area contributed by atoms with Gasteiger partial charge in [-0.1, -0.05) is 6.08 Å². The molecule has 0 aromatic rings. The second-order valence-corrected chi connectivity index (χ2v) is 11.2. The van der Waals surface area contributed by atoms with Gasteiger partial charge in [-0.3, -0.25) is 9.55 Å². The third kappa shape index (κ3) is 10.3. The maximum Gasteiger partial charge on any atom is 1.00 e. The van der Waals surface area contributed by atoms with Crippen LogP contribution in [0.15, 0.2) is 17.6 Å². The monoisotopic (exact) mass is 687 g/mol. The first kappa shape index (κ1) is 40.7. The summed E-state index contributed by atoms with van der Waals surface area (Å²) < 4.78 is 69.0. The number of aliphatic hydroxyl groups is 8. The molecule has 9 N–H and O–H groups in total. The third-order valence-corrected chi connectivity index (χ3v) is 7.42. The van der Waals surface area contributed by atoms with E-state index >= 15 is 0 Å². The van der Waals surface area contributed by atoms with Crippen molar-refractivity contribution in [3.8, 4) is 0 Å². The SMILES string of the molecule is C=CCO[C@@H]1O[C@H](CO)[C@H](O)[C@H](O[C@@H]2O[C@H](COS(=O)(=O)O)[C@@H](O)[C@H](O[C@@H]3O[C@H](CO)[C@H](O)[C@H](O)[C@H]3O)[C@H]2N=C(C)[O-])[C@H]1O.[Na+]. The first-order valence-electron chi connectivity index (χ1n) is 13.3. The Balaban J connectivity index is 0.00000705. The van der Waals surface area contributed by atoms with E-state index in [4.69, 9.17) is 33.0 Å². The van der Waals surface area contributed by atoms with Crippen molar-refractivity contribution in [1.29, 1.82) is 0 Å². The fourth-order valence-electron chi connectivity index (χ4n) is 4.81. The molecule has 0 saturated carbocycles. The van der Waals surface area contributed by atoms with Crippen LogP contribution in [0.3, 0.4) is 0 Å². The van der Waals surface area contributed by atoms with E-state index < -0.39 is 128 Å². The number of ether oxygens (including phenoxy) is 6. The normalized spacial score (nSPS) is 43.0. The molecule has 0 aromatic heterocycles. The van der Waals surface area contributed by atoms with Gasteiger partial charge in [-0.25, -0.2) is 4.18 Å². The Morgan fingerprint density at radius 3 is 1.91 bits per heavy atom. The molecule has 3 aliphatic heterocycles. The Bertz CT molecular complexity index is 1070. The van der Waals surface area contributed by atoms with Crippen molar-refractivity contribution < 1.29 is 121 Å². The van der Waals surface area contributed by atoms with Crippen LogP contribution >= 0.6 is 0 Å². The second-order valence-electron chi connectivity index (χ2n) is 10.1. The zero-order chi connectivity index (χ0) is 32.9. The molecule has 3 heterocycles. The van der Waals surface area contributed by atoms with Crippen LogP contribution in [0.1, 0.15) is 6.92 Å². The Kier molecular flexibility index (Phi) is 16.1. The molecular formula is C23H38NNaO19S. The molecule has 0 aromatic carbocycles. The van der Waals surface area contributed by atoms with Gasteiger partial charge in [0.1, 0.15) is 73.2 Å². The van der Waals surface area contributed by atoms with Gasteiger partial charge in [0, 0.05) is 0 Å². The van der Waals surface area contributed by atoms with Crippen LogP contribution in [-0.4, -0.2) is 178 Å². The number of hydrogen-bond donors (Lipinski definition) is 9. The van der Waals surface area contributed by atoms with Gasteiger partial charge in [0.2, 0.25) is 0 Å². The van der Waals surface area contributed by atoms with E-state index in [1.165, 1.54) is 6.08 Å². The number of rotatable bonds is 13. The molecule has 45 heavy (non-hydrogen) atoms. The molecule has 0 radical (unpaired) electrons. The number of aliphatic imine (C=N–C) groups is 1. The summed E-state index contributed by atoms with van der Waals surface area (Å²) in [4.78, 5) is 3.81. The Labute approximate surface area is 279 Å². The first-order valence-corrected chi connectivity index (χ1v) is 14.6. The summed E-state index contributed by atoms with van der Waals surface area (Å²) in [6.45, 7) is 1.60. The largest absolute Gasteiger partial charge is 1.00 e. The molecule has 22 heteroatoms. The van der Waals surface area contributed by atoms with E-state index in [-0.39, 0.29) is 36.2 Å². The standard InChI is InChI=1S/C23H39NO19S.Na/c1-3-4-37-22-18(33)20(14(29)10(6-26)39-22)43-21-12(24-8(2)27)19(15(30)11(41-21)7-38-44(34,35)36)42-23-17(32)16(31)13(28)9(5-25)40-23;/h3,9-23,25-26,28-33H,1,4-7H2,2H3,(H,24,27)(H,34,35,36);/q;+1/p-1/t9-,10-,11-,12-,13+,14+,15-,16+,17-,18-,19-,20+,21+,22-,23+;/m1./s1. The third-order valence-electron chi connectivity index (χ3n) is 6.99. The van der Waals surface area contributed by atoms with Gasteiger partial charge in [-0.05, 0) is 12.8 Å². The van der Waals surface area contributed by atoms with Gasteiger partial charge in [0.15, 0.2) is 18.9 Å². The summed E-state index contributed by atoms with van der Waals surface area (Å²) in [7, 11) is -5.10. The van der Waals surface area contributed by atoms with Crippen LogP contribution in [-0.2, 0) is 43.0 Å². The van der Waals surface area contributed by atoms with Crippen molar-refractivity contribution in [2.75, 3.05) is 26.4 Å². The number of aliphatic hydroxyl groups excluding tert-OH is 8. The van der Waals surface area contributed by atoms with Crippen molar-refractivity contribution in [3.63, 3.8) is 0 Å². The molecule has 0 unspecified atom stereocenters. The summed E-state index contributed by atoms with van der Waals surface area (Å²) >= 11 is 0. The maximum atomic E-state index is 12.2. The van der Waals surface area contributed by atoms with Gasteiger partial charge >= 0.3 is 40.0 Å². The van der Waals surface area contributed by atoms with Crippen molar-refractivity contribution in [1.82, 2.24) is 0 Å². The average Bonchev–Trinajstić information content (AvgIpc) is 2.96. The topological polar surface area (TPSA) is 316 Å². The van der Waals surface area contributed by atoms with Gasteiger partial charge < -0.3 is 74.4 Å². The van der Waals surface area contributed by atoms with Crippen LogP contribution in [0.25, 0.3) is 0 Å². The van der Waals surface area contributed by atoms with Gasteiger partial charge in [-0.15, -0.1) is 6.58 Å². The van der Waals surface area contributed by atoms with Gasteiger partial charge in [0.25, 0.3) is 0 Å². The van der Waals surface area contributed by atoms with E-state index in [1.54, 1.807) is 0 Å². The molecule has 3 saturated heterocycles. The molecule has 15 atom stereocenters. The average molecular weight is 688 g/mol. The predicted molar refractivity (Wildman–Crippen MR) is 136 cm³/mol. The fraction of sp³-hybridized carbons (Fsp3) is 0.870. The minimum absolute atomic E-state index is 0. The van der Waals surface area contributed by atoms with Gasteiger partial charge in [-0.2, -0.15) is 8.42 Å². The van der Waals surface area contributed by atoms with E-state index in [0.717, 1.165) is 6.92 Å². The molecule has 256 valence electrons. The number of nitrogens with zero attached hydrogens (tertiary/aromatic N) is 1. The van der Waals surface area contributed by atoms with Crippen molar-refractivity contribution in [3.05, 3.63) is 12.7 Å². The predicted octanol–water partition coefficient (Wildman–Crippen LogP) is -9.75. The smallest absolute Gasteiger partial charge is 0.862 e. The molecule has 3 fully saturated rings. The molecule has 0 bridgehead atoms. The van der Waals surface area contributed by atoms with Crippen molar-refractivity contribution >= 4 is 16.3 Å². The molecule has 0 amide bonds. The summed E-state index contributed by atoms with van der Waals surface area (Å²) in [5.41, 5.74) is 0. The Morgan fingerprint density at radius 1 is 0.822 bits per heavy atom. The van der Waals surface area contributed by atoms with Crippen molar-refractivity contribution in [2.45, 2.75) is 99.0 Å². The first-order chi connectivity index (χ1) is 20.6. The minimum atomic E-state index is -5.10. The summed E-state index contributed by atoms with van der Waals surface area (Å²) in [6, 6.07) is -1.75. The maximum absolute atomic E-state index is 12.2. The van der Waals surface area contributed by atoms with Crippen molar-refractivity contribution in [2.24, 2.45) is 4.99 Å². The number of hydrogen-bond acceptors (Lipinski definition) is 19. The molecule has 20 nitrogen and oxygen atoms in total. The molecule has 0 aliphatic carbocycles. The zero-order valence-corrected chi connectivity index (χ0v) is 27.1. The van der Waals surface area contributed by atoms with Crippen LogP contribution in [0.2, 0.25) is 0 Å². The summed E-state index contributed by atoms with van der Waals surface area (Å²) in [5, 5.41) is 94.9. The van der Waals surface area contributed by atoms with Crippen LogP contribution < -0.4 is 34.7 Å².